The van der Waals surface area contributed by atoms with Crippen molar-refractivity contribution in [3.8, 4) is 0 Å². The molecule has 0 radical (unpaired) electrons. The van der Waals surface area contributed by atoms with Crippen molar-refractivity contribution in [1.29, 1.82) is 0 Å². The first kappa shape index (κ1) is 14.3. The molecule has 116 valence electrons. The average Bonchev–Trinajstić information content (AvgIpc) is 3.17. The molecule has 1 saturated carbocycles. The molecule has 2 heterocycles. The maximum absolute atomic E-state index is 12.3. The smallest absolute Gasteiger partial charge is 0.416 e. The van der Waals surface area contributed by atoms with Crippen LogP contribution in [0.15, 0.2) is 4.42 Å². The molecule has 21 heavy (non-hydrogen) atoms. The molecule has 1 aliphatic heterocycles. The van der Waals surface area contributed by atoms with Gasteiger partial charge in [-0.15, -0.1) is 10.2 Å². The zero-order valence-corrected chi connectivity index (χ0v) is 11.3. The third-order valence-electron chi connectivity index (χ3n) is 3.68. The van der Waals surface area contributed by atoms with Gasteiger partial charge in [-0.1, -0.05) is 0 Å². The van der Waals surface area contributed by atoms with Gasteiger partial charge in [-0.3, -0.25) is 9.69 Å². The fourth-order valence-corrected chi connectivity index (χ4v) is 2.34. The Hall–Kier alpha value is -1.64. The normalized spacial score (nSPS) is 20.8. The first-order chi connectivity index (χ1) is 9.93. The van der Waals surface area contributed by atoms with Crippen LogP contribution < -0.4 is 0 Å². The van der Waals surface area contributed by atoms with E-state index in [1.54, 1.807) is 0 Å². The Morgan fingerprint density at radius 1 is 1.19 bits per heavy atom. The van der Waals surface area contributed by atoms with Crippen molar-refractivity contribution in [3.63, 3.8) is 0 Å². The first-order valence-electron chi connectivity index (χ1n) is 6.84. The van der Waals surface area contributed by atoms with Crippen LogP contribution in [-0.2, 0) is 17.5 Å². The largest absolute Gasteiger partial charge is 0.470 e. The number of amides is 1. The number of hydrogen-bond donors (Lipinski definition) is 0. The van der Waals surface area contributed by atoms with E-state index < -0.39 is 12.1 Å². The van der Waals surface area contributed by atoms with Crippen molar-refractivity contribution >= 4 is 5.91 Å². The number of alkyl halides is 3. The summed E-state index contributed by atoms with van der Waals surface area (Å²) in [5, 5.41) is 6.40. The number of hydrogen-bond acceptors (Lipinski definition) is 5. The highest BCUT2D eigenvalue weighted by atomic mass is 19.4. The van der Waals surface area contributed by atoms with E-state index in [0.29, 0.717) is 26.2 Å². The molecule has 0 spiro atoms. The van der Waals surface area contributed by atoms with Gasteiger partial charge in [-0.05, 0) is 12.8 Å². The molecule has 1 aliphatic carbocycles. The van der Waals surface area contributed by atoms with Gasteiger partial charge in [-0.2, -0.15) is 13.2 Å². The van der Waals surface area contributed by atoms with Crippen molar-refractivity contribution in [2.24, 2.45) is 5.92 Å². The van der Waals surface area contributed by atoms with Gasteiger partial charge in [-0.25, -0.2) is 0 Å². The summed E-state index contributed by atoms with van der Waals surface area (Å²) in [7, 11) is 0. The maximum atomic E-state index is 12.3. The molecule has 6 nitrogen and oxygen atoms in total. The van der Waals surface area contributed by atoms with Crippen LogP contribution in [0, 0.1) is 5.92 Å². The van der Waals surface area contributed by atoms with Crippen LogP contribution in [0.25, 0.3) is 0 Å². The predicted molar refractivity (Wildman–Crippen MR) is 63.9 cm³/mol. The average molecular weight is 304 g/mol. The van der Waals surface area contributed by atoms with E-state index in [1.807, 2.05) is 9.80 Å². The van der Waals surface area contributed by atoms with Crippen LogP contribution in [0.1, 0.15) is 24.6 Å². The van der Waals surface area contributed by atoms with Gasteiger partial charge in [0.2, 0.25) is 11.8 Å². The van der Waals surface area contributed by atoms with E-state index in [1.165, 1.54) is 0 Å². The van der Waals surface area contributed by atoms with Crippen LogP contribution in [0.5, 0.6) is 0 Å². The van der Waals surface area contributed by atoms with Crippen LogP contribution >= 0.6 is 0 Å². The number of piperazine rings is 1. The Morgan fingerprint density at radius 2 is 1.86 bits per heavy atom. The molecular weight excluding hydrogens is 289 g/mol. The SMILES string of the molecule is O=C(C1CC1)N1CCN(Cc2nnc(C(F)(F)F)o2)CC1. The number of rotatable bonds is 3. The van der Waals surface area contributed by atoms with Gasteiger partial charge < -0.3 is 9.32 Å². The third kappa shape index (κ3) is 3.34. The monoisotopic (exact) mass is 304 g/mol. The minimum Gasteiger partial charge on any atom is -0.416 e. The molecule has 9 heteroatoms. The Kier molecular flexibility index (Phi) is 3.60. The molecule has 0 atom stereocenters. The van der Waals surface area contributed by atoms with Gasteiger partial charge >= 0.3 is 12.1 Å². The lowest BCUT2D eigenvalue weighted by Crippen LogP contribution is -2.48. The minimum atomic E-state index is -4.61. The van der Waals surface area contributed by atoms with E-state index >= 15 is 0 Å². The van der Waals surface area contributed by atoms with Crippen LogP contribution in [0.2, 0.25) is 0 Å². The molecule has 2 aliphatic rings. The zero-order valence-electron chi connectivity index (χ0n) is 11.3. The van der Waals surface area contributed by atoms with Gasteiger partial charge in [0.05, 0.1) is 6.54 Å². The Balaban J connectivity index is 1.51. The van der Waals surface area contributed by atoms with Gasteiger partial charge in [0, 0.05) is 32.1 Å². The molecule has 0 N–H and O–H groups in total. The highest BCUT2D eigenvalue weighted by Crippen LogP contribution is 2.31. The molecule has 0 aromatic carbocycles. The second-order valence-corrected chi connectivity index (χ2v) is 5.37. The molecule has 1 aromatic rings. The second kappa shape index (κ2) is 5.28. The fourth-order valence-electron chi connectivity index (χ4n) is 2.34. The van der Waals surface area contributed by atoms with Crippen LogP contribution in [-0.4, -0.2) is 52.1 Å². The topological polar surface area (TPSA) is 62.5 Å². The number of aromatic nitrogens is 2. The van der Waals surface area contributed by atoms with E-state index in [9.17, 15) is 18.0 Å². The summed E-state index contributed by atoms with van der Waals surface area (Å²) < 4.78 is 41.6. The molecule has 1 aromatic heterocycles. The predicted octanol–water partition coefficient (Wildman–Crippen LogP) is 1.14. The summed E-state index contributed by atoms with van der Waals surface area (Å²) in [6.45, 7) is 2.56. The minimum absolute atomic E-state index is 0.0516. The number of carbonyl (C=O) groups is 1. The summed E-state index contributed by atoms with van der Waals surface area (Å²) >= 11 is 0. The molecule has 1 amide bonds. The lowest BCUT2D eigenvalue weighted by molar-refractivity contribution is -0.157. The molecule has 3 rings (SSSR count). The molecule has 2 fully saturated rings. The number of nitrogens with zero attached hydrogens (tertiary/aromatic N) is 4. The first-order valence-corrected chi connectivity index (χ1v) is 6.84. The van der Waals surface area contributed by atoms with Crippen molar-refractivity contribution < 1.29 is 22.4 Å². The van der Waals surface area contributed by atoms with Gasteiger partial charge in [0.1, 0.15) is 0 Å². The summed E-state index contributed by atoms with van der Waals surface area (Å²) in [5.74, 6) is -0.974. The van der Waals surface area contributed by atoms with Crippen molar-refractivity contribution in [3.05, 3.63) is 11.8 Å². The van der Waals surface area contributed by atoms with Crippen molar-refractivity contribution in [1.82, 2.24) is 20.0 Å². The molecule has 1 saturated heterocycles. The summed E-state index contributed by atoms with van der Waals surface area (Å²) in [6, 6.07) is 0. The van der Waals surface area contributed by atoms with E-state index in [-0.39, 0.29) is 24.3 Å². The van der Waals surface area contributed by atoms with Gasteiger partial charge in [0.15, 0.2) is 0 Å². The van der Waals surface area contributed by atoms with Crippen LogP contribution in [0.3, 0.4) is 0 Å². The third-order valence-corrected chi connectivity index (χ3v) is 3.68. The zero-order chi connectivity index (χ0) is 15.0. The van der Waals surface area contributed by atoms with Crippen LogP contribution in [0.4, 0.5) is 13.2 Å². The van der Waals surface area contributed by atoms with E-state index in [4.69, 9.17) is 0 Å². The lowest BCUT2D eigenvalue weighted by Gasteiger charge is -2.34. The summed E-state index contributed by atoms with van der Waals surface area (Å²) in [4.78, 5) is 15.6. The number of halogens is 3. The lowest BCUT2D eigenvalue weighted by atomic mass is 10.2. The fraction of sp³-hybridized carbons (Fsp3) is 0.750. The van der Waals surface area contributed by atoms with E-state index in [0.717, 1.165) is 12.8 Å². The Labute approximate surface area is 118 Å². The maximum Gasteiger partial charge on any atom is 0.470 e. The summed E-state index contributed by atoms with van der Waals surface area (Å²) in [6.07, 6.45) is -2.66. The van der Waals surface area contributed by atoms with E-state index in [2.05, 4.69) is 14.6 Å². The van der Waals surface area contributed by atoms with Crippen molar-refractivity contribution in [2.75, 3.05) is 26.2 Å². The standard InChI is InChI=1S/C12H15F3N4O2/c13-12(14,15)11-17-16-9(21-11)7-18-3-5-19(6-4-18)10(20)8-1-2-8/h8H,1-7H2. The molecular formula is C12H15F3N4O2. The quantitative estimate of drug-likeness (QED) is 0.838. The summed E-state index contributed by atoms with van der Waals surface area (Å²) in [5.41, 5.74) is 0. The number of carbonyl (C=O) groups excluding carboxylic acids is 1. The molecule has 0 bridgehead atoms. The highest BCUT2D eigenvalue weighted by Gasteiger charge is 2.38. The van der Waals surface area contributed by atoms with Crippen molar-refractivity contribution in [2.45, 2.75) is 25.6 Å². The van der Waals surface area contributed by atoms with Gasteiger partial charge in [0.25, 0.3) is 0 Å². The Morgan fingerprint density at radius 3 is 2.38 bits per heavy atom. The highest BCUT2D eigenvalue weighted by molar-refractivity contribution is 5.81. The molecule has 0 unspecified atom stereocenters. The second-order valence-electron chi connectivity index (χ2n) is 5.37. The Bertz CT molecular complexity index is 519.